The number of H-pyrrole nitrogens is 1. The molecule has 1 aromatic heterocycles. The molecule has 2 atom stereocenters. The van der Waals surface area contributed by atoms with E-state index in [2.05, 4.69) is 15.5 Å². The van der Waals surface area contributed by atoms with Gasteiger partial charge >= 0.3 is 0 Å². The number of carbonyl (C=O) groups is 1. The number of ether oxygens (including phenoxy) is 1. The van der Waals surface area contributed by atoms with Crippen LogP contribution in [0.2, 0.25) is 0 Å². The molecule has 0 saturated heterocycles. The molecule has 3 rings (SSSR count). The molecule has 116 valence electrons. The minimum Gasteiger partial charge on any atom is -0.362 e. The van der Waals surface area contributed by atoms with Crippen molar-refractivity contribution in [2.45, 2.75) is 38.3 Å². The molecule has 5 nitrogen and oxygen atoms in total. The van der Waals surface area contributed by atoms with E-state index in [1.54, 1.807) is 0 Å². The van der Waals surface area contributed by atoms with Crippen molar-refractivity contribution in [1.29, 1.82) is 0 Å². The van der Waals surface area contributed by atoms with E-state index in [9.17, 15) is 4.79 Å². The Kier molecular flexibility index (Phi) is 4.53. The maximum Gasteiger partial charge on any atom is 0.246 e. The van der Waals surface area contributed by atoms with Gasteiger partial charge in [-0.1, -0.05) is 30.3 Å². The lowest BCUT2D eigenvalue weighted by Gasteiger charge is -2.22. The number of rotatable bonds is 5. The summed E-state index contributed by atoms with van der Waals surface area (Å²) in [5.41, 5.74) is 3.31. The minimum atomic E-state index is -0.0945. The van der Waals surface area contributed by atoms with E-state index in [-0.39, 0.29) is 24.7 Å². The molecule has 0 unspecified atom stereocenters. The molecule has 0 aliphatic heterocycles. The Balaban J connectivity index is 1.51. The highest BCUT2D eigenvalue weighted by Gasteiger charge is 2.23. The van der Waals surface area contributed by atoms with Gasteiger partial charge in [0.25, 0.3) is 0 Å². The van der Waals surface area contributed by atoms with Crippen molar-refractivity contribution in [3.63, 3.8) is 0 Å². The third-order valence-electron chi connectivity index (χ3n) is 4.08. The number of aromatic amines is 1. The Hall–Kier alpha value is -2.14. The summed E-state index contributed by atoms with van der Waals surface area (Å²) >= 11 is 0. The summed E-state index contributed by atoms with van der Waals surface area (Å²) in [6, 6.07) is 9.89. The number of hydrogen-bond acceptors (Lipinski definition) is 3. The number of nitrogens with zero attached hydrogens (tertiary/aromatic N) is 1. The van der Waals surface area contributed by atoms with Gasteiger partial charge in [0.05, 0.1) is 24.0 Å². The number of benzene rings is 1. The summed E-state index contributed by atoms with van der Waals surface area (Å²) in [5, 5.41) is 10.0. The molecular formula is C17H21N3O2. The Morgan fingerprint density at radius 1 is 1.45 bits per heavy atom. The van der Waals surface area contributed by atoms with Crippen LogP contribution in [0.1, 0.15) is 48.7 Å². The van der Waals surface area contributed by atoms with E-state index in [0.29, 0.717) is 0 Å². The minimum absolute atomic E-state index is 0.0219. The van der Waals surface area contributed by atoms with Crippen LogP contribution in [0.15, 0.2) is 36.5 Å². The van der Waals surface area contributed by atoms with E-state index >= 15 is 0 Å². The quantitative estimate of drug-likeness (QED) is 0.892. The van der Waals surface area contributed by atoms with Gasteiger partial charge < -0.3 is 10.1 Å². The standard InChI is InChI=1S/C17H21N3O2/c1-12(13-6-3-2-4-7-13)19-16(21)11-22-15-9-5-8-14-10-18-20-17(14)15/h2-4,6-7,10,12,15H,5,8-9,11H2,1H3,(H,18,20)(H,19,21)/t12-,15+/m1/s1. The number of aromatic nitrogens is 2. The first-order valence-electron chi connectivity index (χ1n) is 7.72. The first-order valence-corrected chi connectivity index (χ1v) is 7.72. The monoisotopic (exact) mass is 299 g/mol. The molecular weight excluding hydrogens is 278 g/mol. The molecule has 2 aromatic rings. The fourth-order valence-electron chi connectivity index (χ4n) is 2.87. The molecule has 1 aromatic carbocycles. The summed E-state index contributed by atoms with van der Waals surface area (Å²) in [6.07, 6.45) is 4.82. The van der Waals surface area contributed by atoms with Gasteiger partial charge in [-0.05, 0) is 37.3 Å². The molecule has 1 aliphatic carbocycles. The van der Waals surface area contributed by atoms with Gasteiger partial charge in [-0.2, -0.15) is 5.10 Å². The van der Waals surface area contributed by atoms with Gasteiger partial charge in [0, 0.05) is 0 Å². The summed E-state index contributed by atoms with van der Waals surface area (Å²) in [5.74, 6) is -0.0945. The van der Waals surface area contributed by atoms with Crippen molar-refractivity contribution in [2.75, 3.05) is 6.61 Å². The zero-order valence-corrected chi connectivity index (χ0v) is 12.7. The molecule has 1 amide bonds. The lowest BCUT2D eigenvalue weighted by molar-refractivity contribution is -0.128. The van der Waals surface area contributed by atoms with Crippen molar-refractivity contribution < 1.29 is 9.53 Å². The third kappa shape index (κ3) is 3.36. The molecule has 22 heavy (non-hydrogen) atoms. The van der Waals surface area contributed by atoms with Gasteiger partial charge in [-0.15, -0.1) is 0 Å². The molecule has 5 heteroatoms. The van der Waals surface area contributed by atoms with Crippen LogP contribution in [0.4, 0.5) is 0 Å². The van der Waals surface area contributed by atoms with Crippen LogP contribution in [0.25, 0.3) is 0 Å². The smallest absolute Gasteiger partial charge is 0.246 e. The highest BCUT2D eigenvalue weighted by Crippen LogP contribution is 2.30. The van der Waals surface area contributed by atoms with Crippen LogP contribution in [0, 0.1) is 0 Å². The summed E-state index contributed by atoms with van der Waals surface area (Å²) < 4.78 is 5.78. The number of nitrogens with one attached hydrogen (secondary N) is 2. The molecule has 0 radical (unpaired) electrons. The second-order valence-corrected chi connectivity index (χ2v) is 5.70. The number of fused-ring (bicyclic) bond motifs is 1. The van der Waals surface area contributed by atoms with E-state index < -0.39 is 0 Å². The first kappa shape index (κ1) is 14.8. The van der Waals surface area contributed by atoms with Crippen molar-refractivity contribution in [3.05, 3.63) is 53.3 Å². The number of amides is 1. The van der Waals surface area contributed by atoms with E-state index in [1.807, 2.05) is 43.5 Å². The van der Waals surface area contributed by atoms with Gasteiger partial charge in [0.15, 0.2) is 0 Å². The van der Waals surface area contributed by atoms with Crippen LogP contribution in [-0.4, -0.2) is 22.7 Å². The van der Waals surface area contributed by atoms with Crippen LogP contribution >= 0.6 is 0 Å². The summed E-state index contributed by atoms with van der Waals surface area (Å²) in [6.45, 7) is 2.04. The Labute approximate surface area is 130 Å². The highest BCUT2D eigenvalue weighted by atomic mass is 16.5. The lowest BCUT2D eigenvalue weighted by atomic mass is 9.96. The van der Waals surface area contributed by atoms with Crippen molar-refractivity contribution in [2.24, 2.45) is 0 Å². The largest absolute Gasteiger partial charge is 0.362 e. The molecule has 1 aliphatic rings. The molecule has 1 heterocycles. The summed E-state index contributed by atoms with van der Waals surface area (Å²) in [4.78, 5) is 12.1. The SMILES string of the molecule is C[C@@H](NC(=O)CO[C@H]1CCCc2cn[nH]c21)c1ccccc1. The van der Waals surface area contributed by atoms with Crippen LogP contribution < -0.4 is 5.32 Å². The number of carbonyl (C=O) groups excluding carboxylic acids is 1. The second kappa shape index (κ2) is 6.75. The zero-order chi connectivity index (χ0) is 15.4. The Morgan fingerprint density at radius 3 is 3.09 bits per heavy atom. The van der Waals surface area contributed by atoms with E-state index in [1.165, 1.54) is 5.56 Å². The average molecular weight is 299 g/mol. The number of hydrogen-bond donors (Lipinski definition) is 2. The lowest BCUT2D eigenvalue weighted by Crippen LogP contribution is -2.31. The maximum absolute atomic E-state index is 12.1. The predicted molar refractivity (Wildman–Crippen MR) is 83.2 cm³/mol. The maximum atomic E-state index is 12.1. The van der Waals surface area contributed by atoms with E-state index in [0.717, 1.165) is 30.5 Å². The molecule has 0 fully saturated rings. The number of aryl methyl sites for hydroxylation is 1. The fourth-order valence-corrected chi connectivity index (χ4v) is 2.87. The molecule has 0 saturated carbocycles. The highest BCUT2D eigenvalue weighted by molar-refractivity contribution is 5.77. The van der Waals surface area contributed by atoms with Gasteiger partial charge in [0.2, 0.25) is 5.91 Å². The van der Waals surface area contributed by atoms with Crippen molar-refractivity contribution in [3.8, 4) is 0 Å². The fraction of sp³-hybridized carbons (Fsp3) is 0.412. The Bertz CT molecular complexity index is 624. The van der Waals surface area contributed by atoms with Crippen LogP contribution in [-0.2, 0) is 16.0 Å². The molecule has 2 N–H and O–H groups in total. The Morgan fingerprint density at radius 2 is 2.27 bits per heavy atom. The van der Waals surface area contributed by atoms with Crippen molar-refractivity contribution in [1.82, 2.24) is 15.5 Å². The second-order valence-electron chi connectivity index (χ2n) is 5.70. The van der Waals surface area contributed by atoms with E-state index in [4.69, 9.17) is 4.74 Å². The normalized spacial score (nSPS) is 18.5. The third-order valence-corrected chi connectivity index (χ3v) is 4.08. The van der Waals surface area contributed by atoms with Gasteiger partial charge in [-0.3, -0.25) is 9.89 Å². The predicted octanol–water partition coefficient (Wildman–Crippen LogP) is 2.68. The van der Waals surface area contributed by atoms with Crippen LogP contribution in [0.5, 0.6) is 0 Å². The van der Waals surface area contributed by atoms with Crippen LogP contribution in [0.3, 0.4) is 0 Å². The van der Waals surface area contributed by atoms with Crippen molar-refractivity contribution >= 4 is 5.91 Å². The average Bonchev–Trinajstić information content (AvgIpc) is 3.03. The van der Waals surface area contributed by atoms with Gasteiger partial charge in [-0.25, -0.2) is 0 Å². The topological polar surface area (TPSA) is 67.0 Å². The van der Waals surface area contributed by atoms with Gasteiger partial charge in [0.1, 0.15) is 6.61 Å². The molecule has 0 bridgehead atoms. The zero-order valence-electron chi connectivity index (χ0n) is 12.7. The summed E-state index contributed by atoms with van der Waals surface area (Å²) in [7, 11) is 0. The molecule has 0 spiro atoms. The first-order chi connectivity index (χ1) is 10.7.